The van der Waals surface area contributed by atoms with Crippen molar-refractivity contribution >= 4 is 105 Å². The maximum absolute atomic E-state index is 17.8. The van der Waals surface area contributed by atoms with Crippen LogP contribution >= 0.6 is 48.9 Å². The fraction of sp³-hybridized carbons (Fsp3) is 0.125. The van der Waals surface area contributed by atoms with Crippen LogP contribution < -0.4 is 29.3 Å². The fourth-order valence-electron chi connectivity index (χ4n) is 10.7. The highest BCUT2D eigenvalue weighted by atomic mass is 32.1. The van der Waals surface area contributed by atoms with Gasteiger partial charge in [-0.3, -0.25) is 27.8 Å². The van der Waals surface area contributed by atoms with Crippen molar-refractivity contribution in [3.63, 3.8) is 0 Å². The van der Waals surface area contributed by atoms with Crippen LogP contribution in [0.2, 0.25) is 0 Å². The predicted octanol–water partition coefficient (Wildman–Crippen LogP) is 19.7. The molecule has 3 aromatic heterocycles. The molecule has 0 N–H and O–H groups in total. The van der Waals surface area contributed by atoms with Gasteiger partial charge in [-0.25, -0.2) is 0 Å². The molecule has 372 valence electrons. The van der Waals surface area contributed by atoms with E-state index in [4.69, 9.17) is 0 Å². The van der Waals surface area contributed by atoms with Crippen LogP contribution in [0.25, 0.3) is 36.9 Å². The van der Waals surface area contributed by atoms with Crippen molar-refractivity contribution in [1.82, 2.24) is 0 Å². The summed E-state index contributed by atoms with van der Waals surface area (Å²) in [6.07, 6.45) is 12.3. The van der Waals surface area contributed by atoms with Gasteiger partial charge in [-0.15, -0.1) is 34.0 Å². The predicted molar refractivity (Wildman–Crippen MR) is 326 cm³/mol. The van der Waals surface area contributed by atoms with E-state index in [1.165, 1.54) is 20.2 Å². The number of nitrogens with zero attached hydrogens (tertiary/aromatic N) is 4. The Labute approximate surface area is 453 Å². The molecule has 0 radical (unpaired) electrons. The van der Waals surface area contributed by atoms with Crippen molar-refractivity contribution in [3.05, 3.63) is 238 Å². The van der Waals surface area contributed by atoms with Crippen LogP contribution in [0.1, 0.15) is 53.8 Å². The van der Waals surface area contributed by atoms with Crippen LogP contribution in [-0.4, -0.2) is 0 Å². The lowest BCUT2D eigenvalue weighted by atomic mass is 9.97. The van der Waals surface area contributed by atoms with Gasteiger partial charge in [0.1, 0.15) is 0 Å². The molecule has 75 heavy (non-hydrogen) atoms. The molecule has 0 saturated carbocycles. The van der Waals surface area contributed by atoms with Gasteiger partial charge in [0.2, 0.25) is 0 Å². The Bertz CT molecular complexity index is 3770. The number of hydrogen-bond donors (Lipinski definition) is 0. The molecule has 1 atom stereocenters. The third-order valence-corrected chi connectivity index (χ3v) is 23.1. The van der Waals surface area contributed by atoms with E-state index in [2.05, 4.69) is 188 Å². The Hall–Kier alpha value is -6.96. The summed E-state index contributed by atoms with van der Waals surface area (Å²) >= 11 is 5.24. The molecule has 0 amide bonds. The molecule has 6 aromatic carbocycles. The van der Waals surface area contributed by atoms with Crippen molar-refractivity contribution in [2.45, 2.75) is 54.4 Å². The molecule has 2 aliphatic heterocycles. The Morgan fingerprint density at radius 2 is 0.853 bits per heavy atom. The average Bonchev–Trinajstić information content (AvgIpc) is 4.35. The Morgan fingerprint density at radius 3 is 1.24 bits per heavy atom. The summed E-state index contributed by atoms with van der Waals surface area (Å²) in [5.74, 6) is 0. The van der Waals surface area contributed by atoms with E-state index in [0.29, 0.717) is 17.0 Å². The first-order valence-electron chi connectivity index (χ1n) is 25.4. The summed E-state index contributed by atoms with van der Waals surface area (Å²) in [5, 5.41) is 1.26. The number of anilines is 7. The van der Waals surface area contributed by atoms with Crippen LogP contribution in [0.15, 0.2) is 218 Å². The topological polar surface area (TPSA) is 47.1 Å². The lowest BCUT2D eigenvalue weighted by Crippen LogP contribution is -2.31. The zero-order valence-electron chi connectivity index (χ0n) is 42.8. The fourth-order valence-corrected chi connectivity index (χ4v) is 19.5. The van der Waals surface area contributed by atoms with Crippen molar-refractivity contribution in [3.8, 4) is 31.3 Å². The number of para-hydroxylation sites is 3. The second-order valence-electron chi connectivity index (χ2n) is 19.5. The number of aryl methyl sites for hydroxylation is 3. The van der Waals surface area contributed by atoms with E-state index in [9.17, 15) is 0 Å². The second-order valence-corrected chi connectivity index (χ2v) is 28.2. The zero-order valence-corrected chi connectivity index (χ0v) is 47.0. The standard InChI is InChI=1S/C64H56N4O2P2S3/c1-43(2)27-28-44(3)54-36-37-55(58-40-29-45(4)73-58)62-61(54)65(48-19-11-7-12-20-48)71(69,66(62)49-21-13-8-14-22-49)52-32-34-53(35-33-52)72(70)67(50-23-15-9-16-24-50)63-56(59-41-30-46(5)74-59)38-39-57(60-42-31-47(6)75-60)64(63)68(72)51-25-17-10-18-26-51/h7-13,15-21,23-42H,14,22H2,1-6H3/b44-28+. The molecule has 9 aromatic rings. The smallest absolute Gasteiger partial charge is 0.273 e. The quantitative estimate of drug-likeness (QED) is 0.0950. The molecule has 1 aliphatic carbocycles. The van der Waals surface area contributed by atoms with Gasteiger partial charge in [0, 0.05) is 74.3 Å². The summed E-state index contributed by atoms with van der Waals surface area (Å²) in [6, 6.07) is 60.6. The van der Waals surface area contributed by atoms with E-state index in [-0.39, 0.29) is 0 Å². The van der Waals surface area contributed by atoms with Gasteiger partial charge in [-0.05, 0) is 163 Å². The van der Waals surface area contributed by atoms with E-state index < -0.39 is 14.9 Å². The van der Waals surface area contributed by atoms with E-state index in [1.807, 2.05) is 78.9 Å². The van der Waals surface area contributed by atoms with Gasteiger partial charge in [-0.2, -0.15) is 0 Å². The summed E-state index contributed by atoms with van der Waals surface area (Å²) in [5.41, 5.74) is 13.4. The molecule has 6 nitrogen and oxygen atoms in total. The van der Waals surface area contributed by atoms with E-state index >= 15 is 9.13 Å². The number of hydrogen-bond acceptors (Lipinski definition) is 5. The molecule has 5 heterocycles. The molecular weight excluding hydrogens is 1010 g/mol. The molecule has 0 bridgehead atoms. The van der Waals surface area contributed by atoms with Crippen molar-refractivity contribution in [2.24, 2.45) is 0 Å². The first-order chi connectivity index (χ1) is 36.4. The maximum atomic E-state index is 17.8. The molecule has 0 fully saturated rings. The Kier molecular flexibility index (Phi) is 12.8. The number of rotatable bonds is 11. The first kappa shape index (κ1) is 48.9. The molecule has 0 saturated heterocycles. The highest BCUT2D eigenvalue weighted by molar-refractivity contribution is 7.76. The Morgan fingerprint density at radius 1 is 0.453 bits per heavy atom. The van der Waals surface area contributed by atoms with Gasteiger partial charge in [-0.1, -0.05) is 109 Å². The number of allylic oxidation sites excluding steroid dienone is 8. The van der Waals surface area contributed by atoms with Crippen LogP contribution in [0.5, 0.6) is 0 Å². The first-order valence-corrected chi connectivity index (χ1v) is 31.0. The second kappa shape index (κ2) is 19.6. The molecule has 11 heteroatoms. The average molecular weight is 1070 g/mol. The largest absolute Gasteiger partial charge is 0.301 e. The highest BCUT2D eigenvalue weighted by Crippen LogP contribution is 2.75. The minimum atomic E-state index is -3.95. The molecular formula is C64H56N4O2P2S3. The highest BCUT2D eigenvalue weighted by Gasteiger charge is 2.54. The number of benzene rings is 6. The van der Waals surface area contributed by atoms with Gasteiger partial charge >= 0.3 is 14.9 Å². The van der Waals surface area contributed by atoms with Crippen LogP contribution in [0.3, 0.4) is 0 Å². The molecule has 12 rings (SSSR count). The van der Waals surface area contributed by atoms with Crippen molar-refractivity contribution in [1.29, 1.82) is 0 Å². The number of thiophene rings is 3. The summed E-state index contributed by atoms with van der Waals surface area (Å²) in [4.78, 5) is 6.93. The van der Waals surface area contributed by atoms with Crippen LogP contribution in [0.4, 0.5) is 39.8 Å². The van der Waals surface area contributed by atoms with Crippen molar-refractivity contribution < 1.29 is 9.13 Å². The minimum Gasteiger partial charge on any atom is -0.273 e. The Balaban J connectivity index is 1.13. The third-order valence-electron chi connectivity index (χ3n) is 14.1. The van der Waals surface area contributed by atoms with Crippen LogP contribution in [-0.2, 0) is 9.13 Å². The van der Waals surface area contributed by atoms with Crippen LogP contribution in [0, 0.1) is 20.8 Å². The van der Waals surface area contributed by atoms with Gasteiger partial charge < -0.3 is 0 Å². The molecule has 1 unspecified atom stereocenters. The van der Waals surface area contributed by atoms with Gasteiger partial charge in [0.05, 0.1) is 33.4 Å². The third kappa shape index (κ3) is 8.28. The van der Waals surface area contributed by atoms with Gasteiger partial charge in [0.25, 0.3) is 0 Å². The zero-order chi connectivity index (χ0) is 51.6. The molecule has 0 spiro atoms. The van der Waals surface area contributed by atoms with Crippen molar-refractivity contribution in [2.75, 3.05) is 18.7 Å². The van der Waals surface area contributed by atoms with Gasteiger partial charge in [0.15, 0.2) is 0 Å². The maximum Gasteiger partial charge on any atom is 0.301 e. The summed E-state index contributed by atoms with van der Waals surface area (Å²) in [7, 11) is -7.87. The lowest BCUT2D eigenvalue weighted by molar-refractivity contribution is 0.580. The van der Waals surface area contributed by atoms with E-state index in [1.54, 1.807) is 34.0 Å². The SMILES string of the molecule is CC(C)=C/C=C(\C)c1ccc(-c2ccc(C)s2)c2c1N(c1ccccc1)P(=O)(c1ccc(P3(=O)N(c4ccccc4)c4c(-c5ccc(C)s5)ccc(-c5ccc(C)s5)c4N3c3ccccc3)cc1)N2C1=CC=CCC1. The summed E-state index contributed by atoms with van der Waals surface area (Å²) in [6.45, 7) is 12.8. The lowest BCUT2D eigenvalue weighted by Gasteiger charge is -2.36. The number of fused-ring (bicyclic) bond motifs is 2. The summed E-state index contributed by atoms with van der Waals surface area (Å²) < 4.78 is 44.2. The van der Waals surface area contributed by atoms with E-state index in [0.717, 1.165) is 94.4 Å². The molecule has 3 aliphatic rings. The normalized spacial score (nSPS) is 16.8. The monoisotopic (exact) mass is 1070 g/mol. The minimum absolute atomic E-state index is 0.619.